The Bertz CT molecular complexity index is 910. The van der Waals surface area contributed by atoms with Gasteiger partial charge in [-0.15, -0.1) is 0 Å². The van der Waals surface area contributed by atoms with Gasteiger partial charge in [0.2, 0.25) is 0 Å². The summed E-state index contributed by atoms with van der Waals surface area (Å²) in [6, 6.07) is 12.9. The van der Waals surface area contributed by atoms with Crippen molar-refractivity contribution in [2.24, 2.45) is 0 Å². The summed E-state index contributed by atoms with van der Waals surface area (Å²) in [5.41, 5.74) is 2.10. The maximum absolute atomic E-state index is 13.8. The van der Waals surface area contributed by atoms with E-state index in [0.717, 1.165) is 17.4 Å². The van der Waals surface area contributed by atoms with E-state index >= 15 is 0 Å². The number of benzene rings is 2. The highest BCUT2D eigenvalue weighted by molar-refractivity contribution is 5.65. The number of hydrogen-bond acceptors (Lipinski definition) is 5. The zero-order chi connectivity index (χ0) is 18.7. The molecule has 0 bridgehead atoms. The van der Waals surface area contributed by atoms with Gasteiger partial charge in [-0.1, -0.05) is 0 Å². The third kappa shape index (κ3) is 4.24. The van der Waals surface area contributed by atoms with E-state index in [2.05, 4.69) is 20.6 Å². The Labute approximate surface area is 150 Å². The van der Waals surface area contributed by atoms with Gasteiger partial charge in [-0.2, -0.15) is 0 Å². The second-order valence-corrected chi connectivity index (χ2v) is 6.00. The summed E-state index contributed by atoms with van der Waals surface area (Å²) in [4.78, 5) is 10.6. The van der Waals surface area contributed by atoms with Crippen LogP contribution in [0.4, 0.5) is 37.5 Å². The molecular weight excluding hydrogens is 336 g/mol. The van der Waals surface area contributed by atoms with Gasteiger partial charge in [0.25, 0.3) is 0 Å². The van der Waals surface area contributed by atoms with Crippen molar-refractivity contribution in [1.29, 1.82) is 0 Å². The lowest BCUT2D eigenvalue weighted by Gasteiger charge is -2.14. The molecule has 26 heavy (non-hydrogen) atoms. The van der Waals surface area contributed by atoms with Gasteiger partial charge in [-0.3, -0.25) is 0 Å². The molecule has 3 aromatic rings. The topological polar surface area (TPSA) is 53.1 Å². The number of nitrogens with zero attached hydrogens (tertiary/aromatic N) is 3. The van der Waals surface area contributed by atoms with Gasteiger partial charge in [0.15, 0.2) is 0 Å². The molecule has 3 rings (SSSR count). The summed E-state index contributed by atoms with van der Waals surface area (Å²) in [5.74, 6) is 0.186. The van der Waals surface area contributed by atoms with Crippen LogP contribution in [0.25, 0.3) is 0 Å². The van der Waals surface area contributed by atoms with Gasteiger partial charge < -0.3 is 15.5 Å². The molecule has 0 unspecified atom stereocenters. The highest BCUT2D eigenvalue weighted by Gasteiger charge is 2.07. The minimum absolute atomic E-state index is 0.144. The van der Waals surface area contributed by atoms with Gasteiger partial charge in [-0.05, 0) is 43.3 Å². The van der Waals surface area contributed by atoms with Gasteiger partial charge in [0, 0.05) is 37.6 Å². The standard InChI is InChI=1S/C19H19F2N5/c1-12-22-18(24-14-5-7-15(8-6-14)26(2)3)11-19(23-12)25-17-9-4-13(20)10-16(17)21/h4-11H,1-3H3,(H2,22,23,24,25). The Hall–Kier alpha value is -3.22. The Kier molecular flexibility index (Phi) is 4.97. The summed E-state index contributed by atoms with van der Waals surface area (Å²) in [6.07, 6.45) is 0. The lowest BCUT2D eigenvalue weighted by Crippen LogP contribution is -2.08. The predicted octanol–water partition coefficient (Wildman–Crippen LogP) is 4.62. The van der Waals surface area contributed by atoms with Crippen molar-refractivity contribution in [2.45, 2.75) is 6.92 Å². The van der Waals surface area contributed by atoms with Crippen molar-refractivity contribution in [3.8, 4) is 0 Å². The molecule has 0 fully saturated rings. The first-order chi connectivity index (χ1) is 12.4. The summed E-state index contributed by atoms with van der Waals surface area (Å²) < 4.78 is 26.9. The first-order valence-electron chi connectivity index (χ1n) is 8.03. The number of nitrogens with one attached hydrogen (secondary N) is 2. The van der Waals surface area contributed by atoms with E-state index in [1.807, 2.05) is 43.3 Å². The number of anilines is 5. The third-order valence-electron chi connectivity index (χ3n) is 3.69. The highest BCUT2D eigenvalue weighted by Crippen LogP contribution is 2.23. The summed E-state index contributed by atoms with van der Waals surface area (Å²) in [6.45, 7) is 1.74. The average Bonchev–Trinajstić information content (AvgIpc) is 2.57. The number of aryl methyl sites for hydroxylation is 1. The fraction of sp³-hybridized carbons (Fsp3) is 0.158. The van der Waals surface area contributed by atoms with Gasteiger partial charge in [-0.25, -0.2) is 18.7 Å². The smallest absolute Gasteiger partial charge is 0.149 e. The van der Waals surface area contributed by atoms with E-state index in [-0.39, 0.29) is 5.69 Å². The molecule has 0 saturated carbocycles. The monoisotopic (exact) mass is 355 g/mol. The zero-order valence-electron chi connectivity index (χ0n) is 14.7. The molecule has 0 aliphatic heterocycles. The SMILES string of the molecule is Cc1nc(Nc2ccc(N(C)C)cc2)cc(Nc2ccc(F)cc2F)n1. The molecule has 1 aromatic heterocycles. The van der Waals surface area contributed by atoms with Crippen LogP contribution in [0.15, 0.2) is 48.5 Å². The van der Waals surface area contributed by atoms with E-state index in [9.17, 15) is 8.78 Å². The normalized spacial score (nSPS) is 10.5. The van der Waals surface area contributed by atoms with Crippen molar-refractivity contribution in [3.05, 3.63) is 66.0 Å². The van der Waals surface area contributed by atoms with Crippen LogP contribution in [0.3, 0.4) is 0 Å². The first kappa shape index (κ1) is 17.6. The minimum Gasteiger partial charge on any atom is -0.378 e. The van der Waals surface area contributed by atoms with E-state index < -0.39 is 11.6 Å². The van der Waals surface area contributed by atoms with Gasteiger partial charge >= 0.3 is 0 Å². The molecule has 2 N–H and O–H groups in total. The molecule has 0 aliphatic rings. The highest BCUT2D eigenvalue weighted by atomic mass is 19.1. The summed E-state index contributed by atoms with van der Waals surface area (Å²) in [7, 11) is 3.95. The Morgan fingerprint density at radius 3 is 2.12 bits per heavy atom. The van der Waals surface area contributed by atoms with Crippen LogP contribution in [-0.4, -0.2) is 24.1 Å². The van der Waals surface area contributed by atoms with Crippen molar-refractivity contribution >= 4 is 28.7 Å². The lowest BCUT2D eigenvalue weighted by molar-refractivity contribution is 0.586. The molecule has 1 heterocycles. The van der Waals surface area contributed by atoms with Crippen LogP contribution >= 0.6 is 0 Å². The fourth-order valence-electron chi connectivity index (χ4n) is 2.42. The Morgan fingerprint density at radius 2 is 1.50 bits per heavy atom. The molecule has 0 spiro atoms. The molecule has 0 amide bonds. The molecular formula is C19H19F2N5. The average molecular weight is 355 g/mol. The quantitative estimate of drug-likeness (QED) is 0.700. The molecule has 0 saturated heterocycles. The van der Waals surface area contributed by atoms with Crippen LogP contribution in [-0.2, 0) is 0 Å². The van der Waals surface area contributed by atoms with Gasteiger partial charge in [0.05, 0.1) is 5.69 Å². The molecule has 0 atom stereocenters. The molecule has 0 aliphatic carbocycles. The maximum Gasteiger partial charge on any atom is 0.149 e. The molecule has 134 valence electrons. The second-order valence-electron chi connectivity index (χ2n) is 6.00. The maximum atomic E-state index is 13.8. The lowest BCUT2D eigenvalue weighted by atomic mass is 10.2. The van der Waals surface area contributed by atoms with Crippen LogP contribution in [0.1, 0.15) is 5.82 Å². The van der Waals surface area contributed by atoms with E-state index in [4.69, 9.17) is 0 Å². The van der Waals surface area contributed by atoms with Crippen LogP contribution in [0.2, 0.25) is 0 Å². The second kappa shape index (κ2) is 7.35. The number of halogens is 2. The Balaban J connectivity index is 1.81. The molecule has 7 heteroatoms. The van der Waals surface area contributed by atoms with Crippen molar-refractivity contribution in [3.63, 3.8) is 0 Å². The summed E-state index contributed by atoms with van der Waals surface area (Å²) >= 11 is 0. The fourth-order valence-corrected chi connectivity index (χ4v) is 2.42. The van der Waals surface area contributed by atoms with Crippen LogP contribution in [0.5, 0.6) is 0 Å². The number of hydrogen-bond donors (Lipinski definition) is 2. The van der Waals surface area contributed by atoms with E-state index in [1.54, 1.807) is 13.0 Å². The molecule has 2 aromatic carbocycles. The van der Waals surface area contributed by atoms with Gasteiger partial charge in [0.1, 0.15) is 29.1 Å². The number of rotatable bonds is 5. The zero-order valence-corrected chi connectivity index (χ0v) is 14.7. The van der Waals surface area contributed by atoms with Crippen molar-refractivity contribution in [2.75, 3.05) is 29.6 Å². The summed E-state index contributed by atoms with van der Waals surface area (Å²) in [5, 5.41) is 6.05. The van der Waals surface area contributed by atoms with Crippen LogP contribution < -0.4 is 15.5 Å². The first-order valence-corrected chi connectivity index (χ1v) is 8.03. The molecule has 5 nitrogen and oxygen atoms in total. The van der Waals surface area contributed by atoms with Crippen LogP contribution in [0, 0.1) is 18.6 Å². The van der Waals surface area contributed by atoms with E-state index in [1.165, 1.54) is 12.1 Å². The predicted molar refractivity (Wildman–Crippen MR) is 100 cm³/mol. The third-order valence-corrected chi connectivity index (χ3v) is 3.69. The van der Waals surface area contributed by atoms with E-state index in [0.29, 0.717) is 17.5 Å². The minimum atomic E-state index is -0.685. The largest absolute Gasteiger partial charge is 0.378 e. The Morgan fingerprint density at radius 1 is 0.846 bits per heavy atom. The van der Waals surface area contributed by atoms with Crippen molar-refractivity contribution < 1.29 is 8.78 Å². The van der Waals surface area contributed by atoms with Crippen molar-refractivity contribution in [1.82, 2.24) is 9.97 Å². The molecule has 0 radical (unpaired) electrons. The number of aromatic nitrogens is 2.